The Bertz CT molecular complexity index is 824. The number of carbonyl (C=O) groups excluding carboxylic acids is 1. The van der Waals surface area contributed by atoms with Crippen molar-refractivity contribution < 1.29 is 54.4 Å². The summed E-state index contributed by atoms with van der Waals surface area (Å²) in [7, 11) is 0. The number of amides is 1. The maximum atomic E-state index is 12.6. The average Bonchev–Trinajstić information content (AvgIpc) is 2.90. The SMILES string of the molecule is C[C@H]1O[C@H](O[C@@H]2[C@@H](O)[C@H](O[C@H]3O[C@H](CN)[C@@H](O)[C@H](O)[C@H]3N)[C@@H](N)C[C@H]2NC(=O)[C@@H](O)CCN)[C@H](O)[C@@H](N)[C@@H]1O.Cl.Cl.Cl.Cl.Cl. The molecule has 3 rings (SSSR count). The topological polar surface area (TPSA) is 318 Å². The Kier molecular flexibility index (Phi) is 23.6. The number of nitrogens with one attached hydrogen (secondary N) is 1. The Labute approximate surface area is 286 Å². The molecular weight excluding hydrogens is 702 g/mol. The zero-order valence-corrected chi connectivity index (χ0v) is 27.8. The van der Waals surface area contributed by atoms with Crippen molar-refractivity contribution in [2.24, 2.45) is 28.7 Å². The first-order chi connectivity index (χ1) is 18.3. The predicted molar refractivity (Wildman–Crippen MR) is 168 cm³/mol. The van der Waals surface area contributed by atoms with E-state index in [1.165, 1.54) is 6.92 Å². The van der Waals surface area contributed by atoms with Crippen LogP contribution in [-0.4, -0.2) is 147 Å². The Balaban J connectivity index is -0.00000336. The highest BCUT2D eigenvalue weighted by molar-refractivity contribution is 5.86. The fourth-order valence-electron chi connectivity index (χ4n) is 5.07. The maximum absolute atomic E-state index is 12.6. The summed E-state index contributed by atoms with van der Waals surface area (Å²) < 4.78 is 23.0. The number of aliphatic hydroxyl groups is 6. The van der Waals surface area contributed by atoms with Gasteiger partial charge in [0.2, 0.25) is 5.91 Å². The minimum absolute atomic E-state index is 0. The highest BCUT2D eigenvalue weighted by Gasteiger charge is 2.52. The zero-order valence-electron chi connectivity index (χ0n) is 23.7. The third-order valence-electron chi connectivity index (χ3n) is 7.55. The molecule has 2 saturated heterocycles. The van der Waals surface area contributed by atoms with Crippen LogP contribution in [0.2, 0.25) is 0 Å². The molecule has 1 aliphatic carbocycles. The molecule has 44 heavy (non-hydrogen) atoms. The number of rotatable bonds is 9. The third-order valence-corrected chi connectivity index (χ3v) is 7.55. The number of nitrogens with two attached hydrogens (primary N) is 5. The zero-order chi connectivity index (χ0) is 29.2. The number of aliphatic hydroxyl groups excluding tert-OH is 6. The van der Waals surface area contributed by atoms with Crippen molar-refractivity contribution in [2.45, 2.75) is 118 Å². The van der Waals surface area contributed by atoms with Crippen molar-refractivity contribution in [2.75, 3.05) is 13.1 Å². The van der Waals surface area contributed by atoms with Crippen LogP contribution in [0.25, 0.3) is 0 Å². The van der Waals surface area contributed by atoms with Gasteiger partial charge in [0.1, 0.15) is 48.8 Å². The minimum Gasteiger partial charge on any atom is -0.389 e. The molecular formula is C22H49Cl5N6O11. The molecule has 0 unspecified atom stereocenters. The van der Waals surface area contributed by atoms with Crippen LogP contribution in [0.3, 0.4) is 0 Å². The summed E-state index contributed by atoms with van der Waals surface area (Å²) in [5.41, 5.74) is 29.2. The molecule has 17 N–H and O–H groups in total. The van der Waals surface area contributed by atoms with Gasteiger partial charge in [-0.15, -0.1) is 62.0 Å². The highest BCUT2D eigenvalue weighted by Crippen LogP contribution is 2.31. The van der Waals surface area contributed by atoms with E-state index in [1.54, 1.807) is 0 Å². The van der Waals surface area contributed by atoms with Gasteiger partial charge in [-0.1, -0.05) is 0 Å². The quantitative estimate of drug-likeness (QED) is 0.105. The Hall–Kier alpha value is 0.320. The summed E-state index contributed by atoms with van der Waals surface area (Å²) in [6.07, 6.45) is -15.8. The van der Waals surface area contributed by atoms with Gasteiger partial charge < -0.3 is 83.6 Å². The summed E-state index contributed by atoms with van der Waals surface area (Å²) in [4.78, 5) is 12.6. The van der Waals surface area contributed by atoms with E-state index in [0.717, 1.165) is 0 Å². The Morgan fingerprint density at radius 2 is 1.39 bits per heavy atom. The second-order valence-electron chi connectivity index (χ2n) is 10.4. The van der Waals surface area contributed by atoms with Crippen LogP contribution in [0.4, 0.5) is 0 Å². The fraction of sp³-hybridized carbons (Fsp3) is 0.955. The monoisotopic (exact) mass is 748 g/mol. The van der Waals surface area contributed by atoms with E-state index in [0.29, 0.717) is 0 Å². The van der Waals surface area contributed by atoms with Gasteiger partial charge in [0, 0.05) is 12.6 Å². The lowest BCUT2D eigenvalue weighted by Crippen LogP contribution is -2.70. The van der Waals surface area contributed by atoms with Crippen molar-refractivity contribution in [3.63, 3.8) is 0 Å². The van der Waals surface area contributed by atoms with E-state index < -0.39 is 104 Å². The number of carbonyl (C=O) groups is 1. The molecule has 1 saturated carbocycles. The van der Waals surface area contributed by atoms with Gasteiger partial charge in [-0.3, -0.25) is 4.79 Å². The second kappa shape index (κ2) is 21.3. The lowest BCUT2D eigenvalue weighted by Gasteiger charge is -2.49. The van der Waals surface area contributed by atoms with Crippen molar-refractivity contribution in [1.29, 1.82) is 0 Å². The van der Waals surface area contributed by atoms with Gasteiger partial charge in [0.05, 0.1) is 30.3 Å². The summed E-state index contributed by atoms with van der Waals surface area (Å²) in [5, 5.41) is 65.2. The average molecular weight is 751 g/mol. The van der Waals surface area contributed by atoms with Crippen molar-refractivity contribution in [1.82, 2.24) is 5.32 Å². The number of ether oxygens (including phenoxy) is 4. The van der Waals surface area contributed by atoms with Crippen LogP contribution in [0.15, 0.2) is 0 Å². The van der Waals surface area contributed by atoms with Crippen LogP contribution in [0.1, 0.15) is 19.8 Å². The summed E-state index contributed by atoms with van der Waals surface area (Å²) in [5.74, 6) is -0.788. The molecule has 0 aromatic carbocycles. The molecule has 0 aromatic rings. The molecule has 0 bridgehead atoms. The van der Waals surface area contributed by atoms with Crippen molar-refractivity contribution >= 4 is 67.9 Å². The molecule has 3 aliphatic rings. The molecule has 0 spiro atoms. The van der Waals surface area contributed by atoms with Gasteiger partial charge in [-0.05, 0) is 26.3 Å². The van der Waals surface area contributed by atoms with Crippen LogP contribution in [-0.2, 0) is 23.7 Å². The molecule has 17 nitrogen and oxygen atoms in total. The smallest absolute Gasteiger partial charge is 0.249 e. The first kappa shape index (κ1) is 48.7. The highest BCUT2D eigenvalue weighted by atomic mass is 35.5. The van der Waals surface area contributed by atoms with Gasteiger partial charge in [-0.25, -0.2) is 0 Å². The van der Waals surface area contributed by atoms with Crippen LogP contribution in [0, 0.1) is 0 Å². The van der Waals surface area contributed by atoms with E-state index in [4.69, 9.17) is 47.6 Å². The standard InChI is InChI=1S/C22H44N6O11.5ClH/c1-6-13(30)11(26)16(33)22(36-6)39-19-8(28-20(35)9(29)2-3-23)4-7(25)18(17(19)34)38-21-12(27)15(32)14(31)10(5-24)37-21;;;;;/h6-19,21-22,29-34H,2-5,23-27H2,1H3,(H,28,35);5*1H/t6-,7+,8-,9+,10-,11+,12-,13-,14-,15-,16-,17+,18-,19+,21-,22-;;;;;/m1...../s1. The first-order valence-electron chi connectivity index (χ1n) is 13.0. The lowest BCUT2D eigenvalue weighted by molar-refractivity contribution is -0.316. The fourth-order valence-corrected chi connectivity index (χ4v) is 5.07. The van der Waals surface area contributed by atoms with Crippen molar-refractivity contribution in [3.8, 4) is 0 Å². The normalized spacial score (nSPS) is 42.5. The van der Waals surface area contributed by atoms with E-state index in [9.17, 15) is 35.4 Å². The number of hydrogen-bond donors (Lipinski definition) is 12. The molecule has 16 atom stereocenters. The predicted octanol–water partition coefficient (Wildman–Crippen LogP) is -5.32. The van der Waals surface area contributed by atoms with E-state index in [2.05, 4.69) is 5.32 Å². The van der Waals surface area contributed by atoms with Crippen LogP contribution < -0.4 is 34.0 Å². The number of hydrogen-bond acceptors (Lipinski definition) is 16. The minimum atomic E-state index is -1.60. The maximum Gasteiger partial charge on any atom is 0.249 e. The molecule has 1 amide bonds. The molecule has 2 aliphatic heterocycles. The summed E-state index contributed by atoms with van der Waals surface area (Å²) in [6.45, 7) is 1.41. The van der Waals surface area contributed by atoms with Crippen LogP contribution >= 0.6 is 62.0 Å². The largest absolute Gasteiger partial charge is 0.389 e. The summed E-state index contributed by atoms with van der Waals surface area (Å²) >= 11 is 0. The third kappa shape index (κ3) is 10.9. The second-order valence-corrected chi connectivity index (χ2v) is 10.4. The van der Waals surface area contributed by atoms with Crippen LogP contribution in [0.5, 0.6) is 0 Å². The van der Waals surface area contributed by atoms with Gasteiger partial charge in [-0.2, -0.15) is 0 Å². The molecule has 22 heteroatoms. The lowest BCUT2D eigenvalue weighted by atomic mass is 9.83. The van der Waals surface area contributed by atoms with E-state index >= 15 is 0 Å². The van der Waals surface area contributed by atoms with Crippen molar-refractivity contribution in [3.05, 3.63) is 0 Å². The van der Waals surface area contributed by atoms with Gasteiger partial charge in [0.15, 0.2) is 12.6 Å². The summed E-state index contributed by atoms with van der Waals surface area (Å²) in [6, 6.07) is -4.32. The number of halogens is 5. The molecule has 0 aromatic heterocycles. The Morgan fingerprint density at radius 1 is 0.818 bits per heavy atom. The Morgan fingerprint density at radius 3 is 1.93 bits per heavy atom. The first-order valence-corrected chi connectivity index (χ1v) is 13.0. The molecule has 3 fully saturated rings. The van der Waals surface area contributed by atoms with E-state index in [1.807, 2.05) is 0 Å². The molecule has 268 valence electrons. The van der Waals surface area contributed by atoms with Gasteiger partial charge in [0.25, 0.3) is 0 Å². The van der Waals surface area contributed by atoms with Gasteiger partial charge >= 0.3 is 0 Å². The molecule has 2 heterocycles. The van der Waals surface area contributed by atoms with E-state index in [-0.39, 0.29) is 88.0 Å². The molecule has 0 radical (unpaired) electrons.